The molecule has 1 heterocycles. The molecule has 0 aromatic heterocycles. The summed E-state index contributed by atoms with van der Waals surface area (Å²) in [6, 6.07) is 0.0443. The SMILES string of the molecule is CCC(=O)C(CCCCN)NCC1CC(CC)SS1. The van der Waals surface area contributed by atoms with Crippen LogP contribution in [0.4, 0.5) is 0 Å². The summed E-state index contributed by atoms with van der Waals surface area (Å²) in [5.74, 6) is 0.347. The lowest BCUT2D eigenvalue weighted by molar-refractivity contribution is -0.120. The molecule has 1 fully saturated rings. The average Bonchev–Trinajstić information content (AvgIpc) is 2.89. The van der Waals surface area contributed by atoms with Crippen LogP contribution >= 0.6 is 21.6 Å². The minimum Gasteiger partial charge on any atom is -0.330 e. The van der Waals surface area contributed by atoms with E-state index < -0.39 is 0 Å². The highest BCUT2D eigenvalue weighted by Crippen LogP contribution is 2.44. The number of hydrogen-bond acceptors (Lipinski definition) is 5. The summed E-state index contributed by atoms with van der Waals surface area (Å²) in [7, 11) is 4.00. The largest absolute Gasteiger partial charge is 0.330 e. The van der Waals surface area contributed by atoms with Crippen molar-refractivity contribution in [3.05, 3.63) is 0 Å². The Bertz CT molecular complexity index is 264. The fourth-order valence-electron chi connectivity index (χ4n) is 2.27. The number of nitrogens with one attached hydrogen (secondary N) is 1. The Morgan fingerprint density at radius 1 is 1.32 bits per heavy atom. The maximum absolute atomic E-state index is 11.9. The quantitative estimate of drug-likeness (QED) is 0.480. The fourth-order valence-corrected chi connectivity index (χ4v) is 5.66. The summed E-state index contributed by atoms with van der Waals surface area (Å²) in [4.78, 5) is 11.9. The van der Waals surface area contributed by atoms with Crippen molar-refractivity contribution < 1.29 is 4.79 Å². The van der Waals surface area contributed by atoms with Crippen LogP contribution in [0.3, 0.4) is 0 Å². The first-order chi connectivity index (χ1) is 9.21. The normalized spacial score (nSPS) is 24.6. The molecule has 3 atom stereocenters. The molecule has 5 heteroatoms. The van der Waals surface area contributed by atoms with Gasteiger partial charge in [-0.05, 0) is 32.2 Å². The number of hydrogen-bond donors (Lipinski definition) is 2. The van der Waals surface area contributed by atoms with Crippen molar-refractivity contribution in [3.63, 3.8) is 0 Å². The second kappa shape index (κ2) is 10.1. The Kier molecular flexibility index (Phi) is 9.20. The second-order valence-corrected chi connectivity index (χ2v) is 8.02. The molecule has 1 saturated heterocycles. The van der Waals surface area contributed by atoms with Crippen LogP contribution < -0.4 is 11.1 Å². The van der Waals surface area contributed by atoms with Crippen LogP contribution in [0.15, 0.2) is 0 Å². The molecule has 1 aliphatic rings. The van der Waals surface area contributed by atoms with Gasteiger partial charge in [-0.15, -0.1) is 0 Å². The molecule has 3 unspecified atom stereocenters. The van der Waals surface area contributed by atoms with E-state index in [4.69, 9.17) is 5.73 Å². The van der Waals surface area contributed by atoms with E-state index in [9.17, 15) is 4.79 Å². The molecule has 0 radical (unpaired) electrons. The van der Waals surface area contributed by atoms with Crippen molar-refractivity contribution in [2.24, 2.45) is 5.73 Å². The van der Waals surface area contributed by atoms with E-state index >= 15 is 0 Å². The molecule has 1 rings (SSSR count). The van der Waals surface area contributed by atoms with Gasteiger partial charge in [-0.1, -0.05) is 41.9 Å². The summed E-state index contributed by atoms with van der Waals surface area (Å²) >= 11 is 0. The van der Waals surface area contributed by atoms with E-state index in [1.807, 2.05) is 28.5 Å². The molecule has 0 bridgehead atoms. The lowest BCUT2D eigenvalue weighted by atomic mass is 10.0. The monoisotopic (exact) mass is 304 g/mol. The number of Topliss-reactive ketones (excluding diaryl/α,β-unsaturated/α-hetero) is 1. The predicted octanol–water partition coefficient (Wildman–Crippen LogP) is 2.99. The Morgan fingerprint density at radius 3 is 2.63 bits per heavy atom. The van der Waals surface area contributed by atoms with Crippen LogP contribution in [0.1, 0.15) is 52.4 Å². The zero-order chi connectivity index (χ0) is 14.1. The van der Waals surface area contributed by atoms with Crippen LogP contribution in [-0.4, -0.2) is 35.4 Å². The van der Waals surface area contributed by atoms with Crippen molar-refractivity contribution in [1.29, 1.82) is 0 Å². The van der Waals surface area contributed by atoms with Crippen LogP contribution in [0.25, 0.3) is 0 Å². The molecule has 0 saturated carbocycles. The number of rotatable bonds is 10. The van der Waals surface area contributed by atoms with Gasteiger partial charge in [0.15, 0.2) is 0 Å². The molecule has 3 nitrogen and oxygen atoms in total. The van der Waals surface area contributed by atoms with Gasteiger partial charge in [0.05, 0.1) is 6.04 Å². The van der Waals surface area contributed by atoms with Crippen molar-refractivity contribution in [1.82, 2.24) is 5.32 Å². The zero-order valence-corrected chi connectivity index (χ0v) is 13.8. The van der Waals surface area contributed by atoms with Gasteiger partial charge in [0, 0.05) is 23.5 Å². The first-order valence-electron chi connectivity index (χ1n) is 7.49. The van der Waals surface area contributed by atoms with Gasteiger partial charge in [0.25, 0.3) is 0 Å². The summed E-state index contributed by atoms with van der Waals surface area (Å²) in [5.41, 5.74) is 5.52. The summed E-state index contributed by atoms with van der Waals surface area (Å²) < 4.78 is 0. The predicted molar refractivity (Wildman–Crippen MR) is 87.7 cm³/mol. The van der Waals surface area contributed by atoms with Crippen molar-refractivity contribution in [3.8, 4) is 0 Å². The highest BCUT2D eigenvalue weighted by molar-refractivity contribution is 8.77. The third-order valence-corrected chi connectivity index (χ3v) is 7.09. The molecular formula is C14H28N2OS2. The van der Waals surface area contributed by atoms with E-state index in [1.165, 1.54) is 12.8 Å². The van der Waals surface area contributed by atoms with Gasteiger partial charge >= 0.3 is 0 Å². The van der Waals surface area contributed by atoms with Crippen LogP contribution in [0.2, 0.25) is 0 Å². The lowest BCUT2D eigenvalue weighted by Gasteiger charge is -2.19. The van der Waals surface area contributed by atoms with Crippen molar-refractivity contribution >= 4 is 27.4 Å². The zero-order valence-electron chi connectivity index (χ0n) is 12.2. The van der Waals surface area contributed by atoms with Gasteiger partial charge in [-0.2, -0.15) is 0 Å². The molecular weight excluding hydrogens is 276 g/mol. The molecule has 3 N–H and O–H groups in total. The molecule has 0 aromatic carbocycles. The van der Waals surface area contributed by atoms with Gasteiger partial charge in [0.2, 0.25) is 0 Å². The summed E-state index contributed by atoms with van der Waals surface area (Å²) in [5, 5.41) is 4.96. The van der Waals surface area contributed by atoms with E-state index in [2.05, 4.69) is 12.2 Å². The number of carbonyl (C=O) groups excluding carboxylic acids is 1. The molecule has 112 valence electrons. The second-order valence-electron chi connectivity index (χ2n) is 5.15. The van der Waals surface area contributed by atoms with Gasteiger partial charge in [0.1, 0.15) is 5.78 Å². The maximum Gasteiger partial charge on any atom is 0.149 e. The molecule has 19 heavy (non-hydrogen) atoms. The Labute approximate surface area is 125 Å². The fraction of sp³-hybridized carbons (Fsp3) is 0.929. The van der Waals surface area contributed by atoms with Crippen molar-refractivity contribution in [2.45, 2.75) is 68.9 Å². The smallest absolute Gasteiger partial charge is 0.149 e. The first kappa shape index (κ1) is 17.3. The minimum absolute atomic E-state index is 0.0443. The third kappa shape index (κ3) is 6.52. The van der Waals surface area contributed by atoms with Crippen molar-refractivity contribution in [2.75, 3.05) is 13.1 Å². The lowest BCUT2D eigenvalue weighted by Crippen LogP contribution is -2.40. The molecule has 0 amide bonds. The molecule has 0 aromatic rings. The van der Waals surface area contributed by atoms with E-state index in [0.29, 0.717) is 17.5 Å². The number of ketones is 1. The Hall–Kier alpha value is 0.290. The number of unbranched alkanes of at least 4 members (excludes halogenated alkanes) is 1. The van der Waals surface area contributed by atoms with Gasteiger partial charge < -0.3 is 11.1 Å². The van der Waals surface area contributed by atoms with Crippen LogP contribution in [0, 0.1) is 0 Å². The minimum atomic E-state index is 0.0443. The first-order valence-corrected chi connectivity index (χ1v) is 9.77. The topological polar surface area (TPSA) is 55.1 Å². The summed E-state index contributed by atoms with van der Waals surface area (Å²) in [6.45, 7) is 5.89. The highest BCUT2D eigenvalue weighted by atomic mass is 33.1. The Balaban J connectivity index is 2.29. The van der Waals surface area contributed by atoms with Crippen LogP contribution in [-0.2, 0) is 4.79 Å². The van der Waals surface area contributed by atoms with Gasteiger partial charge in [-0.3, -0.25) is 4.79 Å². The van der Waals surface area contributed by atoms with Gasteiger partial charge in [-0.25, -0.2) is 0 Å². The highest BCUT2D eigenvalue weighted by Gasteiger charge is 2.26. The van der Waals surface area contributed by atoms with E-state index in [1.54, 1.807) is 0 Å². The third-order valence-electron chi connectivity index (χ3n) is 3.58. The molecule has 0 aliphatic carbocycles. The van der Waals surface area contributed by atoms with Crippen LogP contribution in [0.5, 0.6) is 0 Å². The standard InChI is InChI=1S/C14H28N2OS2/c1-3-11-9-12(19-18-11)10-16-13(14(17)4-2)7-5-6-8-15/h11-13,16H,3-10,15H2,1-2H3. The van der Waals surface area contributed by atoms with E-state index in [0.717, 1.165) is 37.6 Å². The van der Waals surface area contributed by atoms with E-state index in [-0.39, 0.29) is 6.04 Å². The average molecular weight is 305 g/mol. The number of carbonyl (C=O) groups is 1. The maximum atomic E-state index is 11.9. The summed E-state index contributed by atoms with van der Waals surface area (Å²) in [6.07, 6.45) is 6.15. The molecule has 1 aliphatic heterocycles. The molecule has 0 spiro atoms. The Morgan fingerprint density at radius 2 is 2.05 bits per heavy atom. The number of nitrogens with two attached hydrogens (primary N) is 1.